The molecule has 0 aliphatic heterocycles. The molecule has 0 saturated carbocycles. The number of rotatable bonds is 7. The topological polar surface area (TPSA) is 64.6 Å². The predicted molar refractivity (Wildman–Crippen MR) is 71.5 cm³/mol. The van der Waals surface area contributed by atoms with Crippen LogP contribution in [0.5, 0.6) is 5.75 Å². The number of hydrogen-bond donors (Lipinski definition) is 1. The molecule has 0 aliphatic rings. The van der Waals surface area contributed by atoms with Crippen molar-refractivity contribution < 1.29 is 17.9 Å². The summed E-state index contributed by atoms with van der Waals surface area (Å²) in [5, 5.41) is 0. The van der Waals surface area contributed by atoms with Crippen molar-refractivity contribution in [2.75, 3.05) is 24.2 Å². The van der Waals surface area contributed by atoms with E-state index in [1.165, 1.54) is 7.11 Å². The second-order valence-electron chi connectivity index (χ2n) is 4.10. The van der Waals surface area contributed by atoms with Crippen LogP contribution in [-0.2, 0) is 14.8 Å². The van der Waals surface area contributed by atoms with Crippen LogP contribution >= 0.6 is 0 Å². The van der Waals surface area contributed by atoms with Crippen LogP contribution in [0.1, 0.15) is 13.8 Å². The molecule has 0 aliphatic carbocycles. The Morgan fingerprint density at radius 2 is 1.83 bits per heavy atom. The van der Waals surface area contributed by atoms with Crippen LogP contribution in [0.3, 0.4) is 0 Å². The van der Waals surface area contributed by atoms with Gasteiger partial charge >= 0.3 is 0 Å². The van der Waals surface area contributed by atoms with Crippen molar-refractivity contribution in [3.63, 3.8) is 0 Å². The van der Waals surface area contributed by atoms with E-state index in [4.69, 9.17) is 9.47 Å². The molecule has 0 aromatic heterocycles. The molecule has 0 bridgehead atoms. The molecular formula is C12H19NO4S. The Bertz CT molecular complexity index is 453. The zero-order valence-corrected chi connectivity index (χ0v) is 11.7. The largest absolute Gasteiger partial charge is 0.491 e. The summed E-state index contributed by atoms with van der Waals surface area (Å²) >= 11 is 0. The molecule has 1 aromatic carbocycles. The lowest BCUT2D eigenvalue weighted by Gasteiger charge is -2.11. The summed E-state index contributed by atoms with van der Waals surface area (Å²) in [4.78, 5) is 0. The van der Waals surface area contributed by atoms with E-state index in [0.717, 1.165) is 0 Å². The highest BCUT2D eigenvalue weighted by Gasteiger charge is 2.09. The van der Waals surface area contributed by atoms with Crippen molar-refractivity contribution >= 4 is 15.7 Å². The molecule has 0 heterocycles. The van der Waals surface area contributed by atoms with Gasteiger partial charge in [-0.05, 0) is 38.1 Å². The third-order valence-electron chi connectivity index (χ3n) is 2.06. The van der Waals surface area contributed by atoms with Gasteiger partial charge in [0, 0.05) is 12.8 Å². The quantitative estimate of drug-likeness (QED) is 0.823. The lowest BCUT2D eigenvalue weighted by Crippen LogP contribution is -2.19. The van der Waals surface area contributed by atoms with Gasteiger partial charge in [-0.15, -0.1) is 0 Å². The third kappa shape index (κ3) is 5.37. The Balaban J connectivity index is 2.63. The van der Waals surface area contributed by atoms with Crippen LogP contribution in [0, 0.1) is 0 Å². The van der Waals surface area contributed by atoms with Crippen molar-refractivity contribution in [1.29, 1.82) is 0 Å². The average molecular weight is 273 g/mol. The maximum Gasteiger partial charge on any atom is 0.234 e. The second-order valence-corrected chi connectivity index (χ2v) is 5.95. The lowest BCUT2D eigenvalue weighted by atomic mass is 10.3. The Labute approximate surface area is 108 Å². The molecule has 0 radical (unpaired) electrons. The van der Waals surface area contributed by atoms with Gasteiger partial charge in [-0.1, -0.05) is 0 Å². The second kappa shape index (κ2) is 6.61. The highest BCUT2D eigenvalue weighted by atomic mass is 32.2. The minimum absolute atomic E-state index is 0.0618. The molecular weight excluding hydrogens is 254 g/mol. The molecule has 0 spiro atoms. The number of sulfonamides is 1. The Kier molecular flexibility index (Phi) is 5.43. The van der Waals surface area contributed by atoms with Crippen LogP contribution in [0.2, 0.25) is 0 Å². The molecule has 0 saturated heterocycles. The Morgan fingerprint density at radius 3 is 2.33 bits per heavy atom. The molecule has 6 heteroatoms. The van der Waals surface area contributed by atoms with Crippen LogP contribution < -0.4 is 9.46 Å². The number of benzene rings is 1. The summed E-state index contributed by atoms with van der Waals surface area (Å²) in [5.41, 5.74) is 0.516. The molecule has 0 unspecified atom stereocenters. The fourth-order valence-electron chi connectivity index (χ4n) is 1.30. The van der Waals surface area contributed by atoms with Gasteiger partial charge in [-0.25, -0.2) is 8.42 Å². The normalized spacial score (nSPS) is 11.6. The van der Waals surface area contributed by atoms with Crippen molar-refractivity contribution in [3.8, 4) is 5.75 Å². The first-order chi connectivity index (χ1) is 8.43. The maximum absolute atomic E-state index is 11.6. The summed E-state index contributed by atoms with van der Waals surface area (Å²) in [6.07, 6.45) is 0.0919. The van der Waals surface area contributed by atoms with Crippen molar-refractivity contribution in [1.82, 2.24) is 0 Å². The van der Waals surface area contributed by atoms with Crippen LogP contribution in [0.15, 0.2) is 24.3 Å². The van der Waals surface area contributed by atoms with Gasteiger partial charge in [0.25, 0.3) is 0 Å². The zero-order valence-electron chi connectivity index (χ0n) is 10.8. The minimum Gasteiger partial charge on any atom is -0.491 e. The molecule has 0 amide bonds. The number of nitrogens with one attached hydrogen (secondary N) is 1. The molecule has 0 fully saturated rings. The maximum atomic E-state index is 11.6. The van der Waals surface area contributed by atoms with Gasteiger partial charge < -0.3 is 9.47 Å². The minimum atomic E-state index is -3.35. The fourth-order valence-corrected chi connectivity index (χ4v) is 2.28. The smallest absolute Gasteiger partial charge is 0.234 e. The SMILES string of the molecule is COCCS(=O)(=O)Nc1ccc(OC(C)C)cc1. The van der Waals surface area contributed by atoms with Crippen LogP contribution in [0.25, 0.3) is 0 Å². The third-order valence-corrected chi connectivity index (χ3v) is 3.31. The summed E-state index contributed by atoms with van der Waals surface area (Å²) in [5.74, 6) is 0.651. The first kappa shape index (κ1) is 14.8. The van der Waals surface area contributed by atoms with Gasteiger partial charge in [-0.3, -0.25) is 4.72 Å². The van der Waals surface area contributed by atoms with Crippen LogP contribution in [0.4, 0.5) is 5.69 Å². The van der Waals surface area contributed by atoms with Crippen molar-refractivity contribution in [3.05, 3.63) is 24.3 Å². The summed E-state index contributed by atoms with van der Waals surface area (Å²) in [6, 6.07) is 6.80. The molecule has 102 valence electrons. The predicted octanol–water partition coefficient (Wildman–Crippen LogP) is 1.86. The monoisotopic (exact) mass is 273 g/mol. The van der Waals surface area contributed by atoms with E-state index in [-0.39, 0.29) is 18.5 Å². The van der Waals surface area contributed by atoms with Gasteiger partial charge in [0.05, 0.1) is 18.5 Å². The summed E-state index contributed by atoms with van der Waals surface area (Å²) in [7, 11) is -1.88. The summed E-state index contributed by atoms with van der Waals surface area (Å²) < 4.78 is 35.9. The van der Waals surface area contributed by atoms with E-state index in [0.29, 0.717) is 11.4 Å². The first-order valence-electron chi connectivity index (χ1n) is 5.69. The van der Waals surface area contributed by atoms with E-state index in [9.17, 15) is 8.42 Å². The zero-order chi connectivity index (χ0) is 13.6. The van der Waals surface area contributed by atoms with E-state index < -0.39 is 10.0 Å². The molecule has 1 N–H and O–H groups in total. The molecule has 0 atom stereocenters. The molecule has 5 nitrogen and oxygen atoms in total. The molecule has 1 aromatic rings. The Hall–Kier alpha value is -1.27. The number of methoxy groups -OCH3 is 1. The standard InChI is InChI=1S/C12H19NO4S/c1-10(2)17-12-6-4-11(5-7-12)13-18(14,15)9-8-16-3/h4-7,10,13H,8-9H2,1-3H3. The lowest BCUT2D eigenvalue weighted by molar-refractivity contribution is 0.217. The van der Waals surface area contributed by atoms with Gasteiger partial charge in [0.15, 0.2) is 0 Å². The number of hydrogen-bond acceptors (Lipinski definition) is 4. The van der Waals surface area contributed by atoms with E-state index in [2.05, 4.69) is 4.72 Å². The van der Waals surface area contributed by atoms with Crippen molar-refractivity contribution in [2.24, 2.45) is 0 Å². The van der Waals surface area contributed by atoms with Gasteiger partial charge in [0.1, 0.15) is 5.75 Å². The fraction of sp³-hybridized carbons (Fsp3) is 0.500. The highest BCUT2D eigenvalue weighted by molar-refractivity contribution is 7.92. The number of anilines is 1. The summed E-state index contributed by atoms with van der Waals surface area (Å²) in [6.45, 7) is 4.03. The Morgan fingerprint density at radius 1 is 1.22 bits per heavy atom. The first-order valence-corrected chi connectivity index (χ1v) is 7.34. The van der Waals surface area contributed by atoms with E-state index in [1.807, 2.05) is 13.8 Å². The average Bonchev–Trinajstić information content (AvgIpc) is 2.28. The van der Waals surface area contributed by atoms with Crippen LogP contribution in [-0.4, -0.2) is 34.0 Å². The van der Waals surface area contributed by atoms with Crippen molar-refractivity contribution in [2.45, 2.75) is 20.0 Å². The van der Waals surface area contributed by atoms with E-state index in [1.54, 1.807) is 24.3 Å². The highest BCUT2D eigenvalue weighted by Crippen LogP contribution is 2.17. The van der Waals surface area contributed by atoms with E-state index >= 15 is 0 Å². The molecule has 18 heavy (non-hydrogen) atoms. The van der Waals surface area contributed by atoms with Gasteiger partial charge in [-0.2, -0.15) is 0 Å². The van der Waals surface area contributed by atoms with Gasteiger partial charge in [0.2, 0.25) is 10.0 Å². The molecule has 1 rings (SSSR count). The number of ether oxygens (including phenoxy) is 2.